The van der Waals surface area contributed by atoms with Crippen molar-refractivity contribution in [1.82, 2.24) is 19.3 Å². The van der Waals surface area contributed by atoms with Crippen LogP contribution in [0.5, 0.6) is 5.75 Å². The van der Waals surface area contributed by atoms with E-state index in [-0.39, 0.29) is 16.7 Å². The zero-order chi connectivity index (χ0) is 27.4. The number of aryl methyl sites for hydroxylation is 1. The molecule has 3 aromatic rings. The molecule has 10 nitrogen and oxygen atoms in total. The summed E-state index contributed by atoms with van der Waals surface area (Å²) >= 11 is 0. The lowest BCUT2D eigenvalue weighted by atomic mass is 9.97. The highest BCUT2D eigenvalue weighted by molar-refractivity contribution is 7.89. The average Bonchev–Trinajstić information content (AvgIpc) is 3.42. The average molecular weight is 554 g/mol. The minimum Gasteiger partial charge on any atom is -0.495 e. The standard InChI is InChI=1S/C28H35N5O5S/c1-20-8-6-9-21(16-20)27-30-26(38-31-27)19-32-13-7-10-22(18-32)28(34)29-24-17-23(11-12-25(24)37-2)39(35,36)33-14-4-3-5-15-33/h6,8-9,11-12,16-17,22H,3-5,7,10,13-15,18-19H2,1-2H3,(H,29,34). The lowest BCUT2D eigenvalue weighted by Gasteiger charge is -2.31. The van der Waals surface area contributed by atoms with Crippen LogP contribution in [0.15, 0.2) is 51.9 Å². The molecule has 2 fully saturated rings. The van der Waals surface area contributed by atoms with Crippen LogP contribution < -0.4 is 10.1 Å². The van der Waals surface area contributed by atoms with Crippen molar-refractivity contribution < 1.29 is 22.5 Å². The third-order valence-electron chi connectivity index (χ3n) is 7.36. The van der Waals surface area contributed by atoms with Gasteiger partial charge in [0.2, 0.25) is 27.6 Å². The molecule has 2 saturated heterocycles. The second-order valence-corrected chi connectivity index (χ2v) is 12.2. The maximum absolute atomic E-state index is 13.3. The van der Waals surface area contributed by atoms with Gasteiger partial charge in [-0.05, 0) is 63.4 Å². The first kappa shape index (κ1) is 27.3. The molecular formula is C28H35N5O5S. The van der Waals surface area contributed by atoms with Gasteiger partial charge in [0.1, 0.15) is 5.75 Å². The Kier molecular flexibility index (Phi) is 8.29. The largest absolute Gasteiger partial charge is 0.495 e. The SMILES string of the molecule is COc1ccc(S(=O)(=O)N2CCCCC2)cc1NC(=O)C1CCCN(Cc2nc(-c3cccc(C)c3)no2)C1. The number of anilines is 1. The monoisotopic (exact) mass is 553 g/mol. The molecule has 39 heavy (non-hydrogen) atoms. The number of hydrogen-bond acceptors (Lipinski definition) is 8. The number of nitrogens with zero attached hydrogens (tertiary/aromatic N) is 4. The summed E-state index contributed by atoms with van der Waals surface area (Å²) < 4.78 is 38.8. The molecule has 0 aliphatic carbocycles. The molecule has 2 aliphatic rings. The molecule has 5 rings (SSSR count). The van der Waals surface area contributed by atoms with Crippen molar-refractivity contribution in [3.8, 4) is 17.1 Å². The third-order valence-corrected chi connectivity index (χ3v) is 9.26. The van der Waals surface area contributed by atoms with Crippen LogP contribution in [0.4, 0.5) is 5.69 Å². The van der Waals surface area contributed by atoms with Gasteiger partial charge in [-0.25, -0.2) is 8.42 Å². The molecule has 1 atom stereocenters. The van der Waals surface area contributed by atoms with Gasteiger partial charge in [0.15, 0.2) is 0 Å². The predicted molar refractivity (Wildman–Crippen MR) is 147 cm³/mol. The van der Waals surface area contributed by atoms with Gasteiger partial charge in [-0.1, -0.05) is 35.3 Å². The normalized spacial score (nSPS) is 19.1. The Balaban J connectivity index is 1.25. The van der Waals surface area contributed by atoms with Crippen LogP contribution in [0, 0.1) is 12.8 Å². The summed E-state index contributed by atoms with van der Waals surface area (Å²) in [6.45, 7) is 4.85. The highest BCUT2D eigenvalue weighted by Gasteiger charge is 2.30. The zero-order valence-electron chi connectivity index (χ0n) is 22.4. The number of amides is 1. The van der Waals surface area contributed by atoms with Crippen molar-refractivity contribution in [3.05, 3.63) is 53.9 Å². The molecule has 0 bridgehead atoms. The molecule has 1 unspecified atom stereocenters. The van der Waals surface area contributed by atoms with E-state index in [1.807, 2.05) is 31.2 Å². The summed E-state index contributed by atoms with van der Waals surface area (Å²) in [5.74, 6) is 1.03. The van der Waals surface area contributed by atoms with E-state index < -0.39 is 10.0 Å². The minimum absolute atomic E-state index is 0.159. The smallest absolute Gasteiger partial charge is 0.243 e. The van der Waals surface area contributed by atoms with Crippen molar-refractivity contribution >= 4 is 21.6 Å². The number of ether oxygens (including phenoxy) is 1. The topological polar surface area (TPSA) is 118 Å². The van der Waals surface area contributed by atoms with Crippen LogP contribution in [0.1, 0.15) is 43.6 Å². The summed E-state index contributed by atoms with van der Waals surface area (Å²) in [5, 5.41) is 7.06. The number of hydrogen-bond donors (Lipinski definition) is 1. The van der Waals surface area contributed by atoms with Crippen molar-refractivity contribution in [2.45, 2.75) is 50.5 Å². The van der Waals surface area contributed by atoms with E-state index in [1.54, 1.807) is 6.07 Å². The van der Waals surface area contributed by atoms with Crippen LogP contribution in [-0.2, 0) is 21.4 Å². The number of carbonyl (C=O) groups excluding carboxylic acids is 1. The number of carbonyl (C=O) groups is 1. The Morgan fingerprint density at radius 3 is 2.69 bits per heavy atom. The number of benzene rings is 2. The van der Waals surface area contributed by atoms with Gasteiger partial charge in [0, 0.05) is 25.2 Å². The first-order chi connectivity index (χ1) is 18.8. The molecule has 0 saturated carbocycles. The molecule has 208 valence electrons. The fourth-order valence-corrected chi connectivity index (χ4v) is 6.80. The van der Waals surface area contributed by atoms with Crippen LogP contribution in [0.3, 0.4) is 0 Å². The van der Waals surface area contributed by atoms with Crippen molar-refractivity contribution in [2.75, 3.05) is 38.6 Å². The lowest BCUT2D eigenvalue weighted by molar-refractivity contribution is -0.121. The second kappa shape index (κ2) is 11.8. The fraction of sp³-hybridized carbons (Fsp3) is 0.464. The summed E-state index contributed by atoms with van der Waals surface area (Å²) in [6.07, 6.45) is 4.32. The first-order valence-electron chi connectivity index (χ1n) is 13.4. The molecule has 1 aromatic heterocycles. The maximum atomic E-state index is 13.3. The van der Waals surface area contributed by atoms with E-state index in [9.17, 15) is 13.2 Å². The van der Waals surface area contributed by atoms with Gasteiger partial charge in [-0.3, -0.25) is 9.69 Å². The zero-order valence-corrected chi connectivity index (χ0v) is 23.2. The summed E-state index contributed by atoms with van der Waals surface area (Å²) in [6, 6.07) is 12.6. The summed E-state index contributed by atoms with van der Waals surface area (Å²) in [5.41, 5.74) is 2.38. The maximum Gasteiger partial charge on any atom is 0.243 e. The fourth-order valence-electron chi connectivity index (χ4n) is 5.26. The number of aromatic nitrogens is 2. The van der Waals surface area contributed by atoms with Crippen molar-refractivity contribution in [1.29, 1.82) is 0 Å². The van der Waals surface area contributed by atoms with Crippen LogP contribution in [-0.4, -0.2) is 67.0 Å². The molecule has 3 heterocycles. The third kappa shape index (κ3) is 6.32. The Hall–Kier alpha value is -3.28. The van der Waals surface area contributed by atoms with E-state index in [1.165, 1.54) is 23.5 Å². The molecule has 1 N–H and O–H groups in total. The second-order valence-electron chi connectivity index (χ2n) is 10.3. The van der Waals surface area contributed by atoms with Crippen molar-refractivity contribution in [2.24, 2.45) is 5.92 Å². The molecule has 11 heteroatoms. The lowest BCUT2D eigenvalue weighted by Crippen LogP contribution is -2.40. The van der Waals surface area contributed by atoms with Gasteiger partial charge in [0.05, 0.1) is 30.2 Å². The van der Waals surface area contributed by atoms with E-state index in [4.69, 9.17) is 9.26 Å². The summed E-state index contributed by atoms with van der Waals surface area (Å²) in [4.78, 5) is 20.2. The Labute approximate surface area is 229 Å². The molecule has 2 aliphatic heterocycles. The first-order valence-corrected chi connectivity index (χ1v) is 14.9. The number of methoxy groups -OCH3 is 1. The van der Waals surface area contributed by atoms with Gasteiger partial charge in [0.25, 0.3) is 0 Å². The van der Waals surface area contributed by atoms with Gasteiger partial charge >= 0.3 is 0 Å². The number of nitrogens with one attached hydrogen (secondary N) is 1. The van der Waals surface area contributed by atoms with Gasteiger partial charge in [-0.15, -0.1) is 0 Å². The van der Waals surface area contributed by atoms with E-state index in [0.717, 1.165) is 49.8 Å². The van der Waals surface area contributed by atoms with Gasteiger partial charge < -0.3 is 14.6 Å². The molecule has 0 spiro atoms. The van der Waals surface area contributed by atoms with E-state index in [2.05, 4.69) is 20.4 Å². The predicted octanol–water partition coefficient (Wildman–Crippen LogP) is 4.08. The Bertz CT molecular complexity index is 1420. The highest BCUT2D eigenvalue weighted by atomic mass is 32.2. The quantitative estimate of drug-likeness (QED) is 0.443. The number of piperidine rings is 2. The minimum atomic E-state index is -3.64. The number of rotatable bonds is 8. The Morgan fingerprint density at radius 1 is 1.10 bits per heavy atom. The Morgan fingerprint density at radius 2 is 1.92 bits per heavy atom. The van der Waals surface area contributed by atoms with Crippen molar-refractivity contribution in [3.63, 3.8) is 0 Å². The molecule has 2 aromatic carbocycles. The van der Waals surface area contributed by atoms with Crippen LogP contribution in [0.25, 0.3) is 11.4 Å². The highest BCUT2D eigenvalue weighted by Crippen LogP contribution is 2.31. The van der Waals surface area contributed by atoms with Crippen LogP contribution >= 0.6 is 0 Å². The molecule has 1 amide bonds. The number of sulfonamides is 1. The summed E-state index contributed by atoms with van der Waals surface area (Å²) in [7, 11) is -2.14. The van der Waals surface area contributed by atoms with Gasteiger partial charge in [-0.2, -0.15) is 9.29 Å². The number of likely N-dealkylation sites (tertiary alicyclic amines) is 1. The molecular weight excluding hydrogens is 518 g/mol. The molecule has 0 radical (unpaired) electrons. The van der Waals surface area contributed by atoms with Crippen LogP contribution in [0.2, 0.25) is 0 Å². The van der Waals surface area contributed by atoms with E-state index >= 15 is 0 Å². The van der Waals surface area contributed by atoms with E-state index in [0.29, 0.717) is 49.3 Å².